The molecule has 11 rings (SSSR count). The fourth-order valence-corrected chi connectivity index (χ4v) is 10.0. The van der Waals surface area contributed by atoms with E-state index < -0.39 is 5.41 Å². The minimum Gasteiger partial charge on any atom is -0.208 e. The van der Waals surface area contributed by atoms with Gasteiger partial charge in [-0.2, -0.15) is 0 Å². The molecule has 0 bridgehead atoms. The maximum atomic E-state index is 5.41. The molecule has 262 valence electrons. The van der Waals surface area contributed by atoms with Crippen LogP contribution >= 0.6 is 11.3 Å². The van der Waals surface area contributed by atoms with E-state index >= 15 is 0 Å². The number of benzene rings is 8. The van der Waals surface area contributed by atoms with E-state index in [0.717, 1.165) is 27.8 Å². The summed E-state index contributed by atoms with van der Waals surface area (Å²) >= 11 is 1.79. The Hall–Kier alpha value is -7.01. The molecule has 0 unspecified atom stereocenters. The molecule has 0 radical (unpaired) electrons. The van der Waals surface area contributed by atoms with Gasteiger partial charge in [-0.05, 0) is 56.6 Å². The molecular formula is C52H33N3S. The lowest BCUT2D eigenvalue weighted by Crippen LogP contribution is -2.28. The van der Waals surface area contributed by atoms with Gasteiger partial charge in [-0.1, -0.05) is 188 Å². The van der Waals surface area contributed by atoms with Crippen molar-refractivity contribution in [3.8, 4) is 56.4 Å². The van der Waals surface area contributed by atoms with Crippen LogP contribution in [0.25, 0.3) is 76.6 Å². The lowest BCUT2D eigenvalue weighted by atomic mass is 9.67. The van der Waals surface area contributed by atoms with Crippen LogP contribution in [-0.2, 0) is 5.41 Å². The largest absolute Gasteiger partial charge is 0.208 e. The normalized spacial score (nSPS) is 12.8. The minimum atomic E-state index is -0.529. The summed E-state index contributed by atoms with van der Waals surface area (Å²) in [6.45, 7) is 0. The van der Waals surface area contributed by atoms with E-state index in [9.17, 15) is 0 Å². The molecule has 3 nitrogen and oxygen atoms in total. The van der Waals surface area contributed by atoms with Crippen molar-refractivity contribution in [3.63, 3.8) is 0 Å². The fraction of sp³-hybridized carbons (Fsp3) is 0.0192. The van der Waals surface area contributed by atoms with Gasteiger partial charge in [-0.15, -0.1) is 11.3 Å². The summed E-state index contributed by atoms with van der Waals surface area (Å²) in [4.78, 5) is 16.0. The topological polar surface area (TPSA) is 38.7 Å². The molecule has 4 heteroatoms. The Balaban J connectivity index is 1.18. The van der Waals surface area contributed by atoms with Crippen LogP contribution in [0.5, 0.6) is 0 Å². The maximum Gasteiger partial charge on any atom is 0.165 e. The third-order valence-corrected chi connectivity index (χ3v) is 12.5. The van der Waals surface area contributed by atoms with Crippen LogP contribution in [-0.4, -0.2) is 15.0 Å². The van der Waals surface area contributed by atoms with E-state index in [1.165, 1.54) is 53.6 Å². The number of hydrogen-bond donors (Lipinski definition) is 0. The lowest BCUT2D eigenvalue weighted by Gasteiger charge is -2.33. The van der Waals surface area contributed by atoms with E-state index in [1.54, 1.807) is 11.3 Å². The highest BCUT2D eigenvalue weighted by Crippen LogP contribution is 2.58. The summed E-state index contributed by atoms with van der Waals surface area (Å²) in [5.41, 5.74) is 12.0. The van der Waals surface area contributed by atoms with Crippen molar-refractivity contribution >= 4 is 31.5 Å². The first-order valence-corrected chi connectivity index (χ1v) is 19.8. The van der Waals surface area contributed by atoms with E-state index in [4.69, 9.17) is 15.0 Å². The maximum absolute atomic E-state index is 5.41. The van der Waals surface area contributed by atoms with Gasteiger partial charge in [0.2, 0.25) is 0 Å². The van der Waals surface area contributed by atoms with Gasteiger partial charge in [-0.25, -0.2) is 15.0 Å². The summed E-state index contributed by atoms with van der Waals surface area (Å²) in [5.74, 6) is 1.96. The van der Waals surface area contributed by atoms with Gasteiger partial charge in [0, 0.05) is 36.9 Å². The molecule has 2 heterocycles. The average molecular weight is 732 g/mol. The van der Waals surface area contributed by atoms with Crippen molar-refractivity contribution in [2.45, 2.75) is 5.41 Å². The Morgan fingerprint density at radius 2 is 0.839 bits per heavy atom. The molecule has 0 spiro atoms. The predicted molar refractivity (Wildman–Crippen MR) is 232 cm³/mol. The average Bonchev–Trinajstić information content (AvgIpc) is 3.81. The van der Waals surface area contributed by atoms with Crippen LogP contribution < -0.4 is 0 Å². The SMILES string of the molecule is c1ccc(-c2ccc(-c3nc(-c4cccc5c4-c4ccccc4C5(c4ccccc4)c4ccccc4)nc(-c4cccc5c4sc4ccccc45)n3)cc2)cc1. The van der Waals surface area contributed by atoms with Crippen LogP contribution in [0.3, 0.4) is 0 Å². The summed E-state index contributed by atoms with van der Waals surface area (Å²) in [7, 11) is 0. The zero-order valence-corrected chi connectivity index (χ0v) is 31.1. The first kappa shape index (κ1) is 32.4. The molecule has 0 atom stereocenters. The predicted octanol–water partition coefficient (Wildman–Crippen LogP) is 13.3. The standard InChI is InChI=1S/C52H33N3S/c1-4-16-34(17-5-1)35-30-32-36(33-31-35)49-53-50(55-51(54-49)43-26-14-24-40-39-22-11-13-29-46(39)56-48(40)43)42-25-15-28-45-47(42)41-23-10-12-27-44(41)52(45,37-18-6-2-7-19-37)38-20-8-3-9-21-38/h1-33H. The molecule has 1 aliphatic carbocycles. The Morgan fingerprint density at radius 3 is 1.59 bits per heavy atom. The van der Waals surface area contributed by atoms with Crippen molar-refractivity contribution in [2.75, 3.05) is 0 Å². The zero-order valence-electron chi connectivity index (χ0n) is 30.3. The molecule has 0 amide bonds. The second kappa shape index (κ2) is 13.1. The molecule has 0 saturated heterocycles. The smallest absolute Gasteiger partial charge is 0.165 e. The van der Waals surface area contributed by atoms with E-state index in [-0.39, 0.29) is 0 Å². The second-order valence-electron chi connectivity index (χ2n) is 14.3. The van der Waals surface area contributed by atoms with Gasteiger partial charge in [0.05, 0.1) is 5.41 Å². The van der Waals surface area contributed by atoms with E-state index in [0.29, 0.717) is 17.5 Å². The van der Waals surface area contributed by atoms with Crippen LogP contribution in [0.1, 0.15) is 22.3 Å². The Morgan fingerprint density at radius 1 is 0.339 bits per heavy atom. The van der Waals surface area contributed by atoms with E-state index in [1.807, 2.05) is 6.07 Å². The zero-order chi connectivity index (χ0) is 37.1. The first-order valence-electron chi connectivity index (χ1n) is 18.9. The number of nitrogens with zero attached hydrogens (tertiary/aromatic N) is 3. The molecule has 0 saturated carbocycles. The van der Waals surface area contributed by atoms with Crippen molar-refractivity contribution < 1.29 is 0 Å². The number of fused-ring (bicyclic) bond motifs is 6. The van der Waals surface area contributed by atoms with Crippen molar-refractivity contribution in [1.29, 1.82) is 0 Å². The number of aromatic nitrogens is 3. The summed E-state index contributed by atoms with van der Waals surface area (Å²) in [6.07, 6.45) is 0. The Labute approximate surface area is 329 Å². The number of hydrogen-bond acceptors (Lipinski definition) is 4. The van der Waals surface area contributed by atoms with Crippen molar-refractivity contribution in [3.05, 3.63) is 222 Å². The molecule has 0 fully saturated rings. The van der Waals surface area contributed by atoms with Gasteiger partial charge >= 0.3 is 0 Å². The molecule has 10 aromatic rings. The monoisotopic (exact) mass is 731 g/mol. The van der Waals surface area contributed by atoms with Gasteiger partial charge in [-0.3, -0.25) is 0 Å². The minimum absolute atomic E-state index is 0.529. The molecule has 0 aliphatic heterocycles. The number of rotatable bonds is 6. The summed E-state index contributed by atoms with van der Waals surface area (Å²) < 4.78 is 2.42. The quantitative estimate of drug-likeness (QED) is 0.171. The van der Waals surface area contributed by atoms with Gasteiger partial charge < -0.3 is 0 Å². The van der Waals surface area contributed by atoms with Crippen LogP contribution in [0, 0.1) is 0 Å². The fourth-order valence-electron chi connectivity index (χ4n) is 8.79. The van der Waals surface area contributed by atoms with Crippen molar-refractivity contribution in [2.24, 2.45) is 0 Å². The lowest BCUT2D eigenvalue weighted by molar-refractivity contribution is 0.768. The molecular weight excluding hydrogens is 699 g/mol. The van der Waals surface area contributed by atoms with E-state index in [2.05, 4.69) is 194 Å². The summed E-state index contributed by atoms with van der Waals surface area (Å²) in [6, 6.07) is 71.5. The molecule has 2 aromatic heterocycles. The molecule has 8 aromatic carbocycles. The van der Waals surface area contributed by atoms with Gasteiger partial charge in [0.1, 0.15) is 0 Å². The van der Waals surface area contributed by atoms with Crippen molar-refractivity contribution in [1.82, 2.24) is 15.0 Å². The van der Waals surface area contributed by atoms with Crippen LogP contribution in [0.15, 0.2) is 200 Å². The van der Waals surface area contributed by atoms with Crippen LogP contribution in [0.4, 0.5) is 0 Å². The Kier molecular flexibility index (Phi) is 7.58. The highest BCUT2D eigenvalue weighted by atomic mass is 32.1. The molecule has 1 aliphatic rings. The third kappa shape index (κ3) is 5.00. The highest BCUT2D eigenvalue weighted by molar-refractivity contribution is 7.26. The highest BCUT2D eigenvalue weighted by Gasteiger charge is 2.47. The van der Waals surface area contributed by atoms with Crippen LogP contribution in [0.2, 0.25) is 0 Å². The second-order valence-corrected chi connectivity index (χ2v) is 15.3. The van der Waals surface area contributed by atoms with Gasteiger partial charge in [0.15, 0.2) is 17.5 Å². The Bertz CT molecular complexity index is 3020. The summed E-state index contributed by atoms with van der Waals surface area (Å²) in [5, 5.41) is 2.46. The number of thiophene rings is 1. The third-order valence-electron chi connectivity index (χ3n) is 11.3. The molecule has 0 N–H and O–H groups in total. The van der Waals surface area contributed by atoms with Gasteiger partial charge in [0.25, 0.3) is 0 Å². The first-order chi connectivity index (χ1) is 27.8. The molecule has 56 heavy (non-hydrogen) atoms.